The number of carbonyl (C=O) groups excluding carboxylic acids is 1. The fourth-order valence-electron chi connectivity index (χ4n) is 2.76. The fourth-order valence-corrected chi connectivity index (χ4v) is 2.76. The number of primary amides is 1. The second-order valence-electron chi connectivity index (χ2n) is 7.22. The molecule has 0 atom stereocenters. The van der Waals surface area contributed by atoms with E-state index in [9.17, 15) is 4.79 Å². The first kappa shape index (κ1) is 14.6. The fraction of sp³-hybridized carbons (Fsp3) is 0.500. The molecule has 0 bridgehead atoms. The van der Waals surface area contributed by atoms with Gasteiger partial charge in [0.1, 0.15) is 11.3 Å². The average molecular weight is 273 g/mol. The van der Waals surface area contributed by atoms with E-state index in [1.54, 1.807) is 6.20 Å². The van der Waals surface area contributed by atoms with Crippen molar-refractivity contribution in [1.29, 1.82) is 0 Å². The summed E-state index contributed by atoms with van der Waals surface area (Å²) < 4.78 is 1.96. The summed E-state index contributed by atoms with van der Waals surface area (Å²) in [6.45, 7) is 12.4. The predicted molar refractivity (Wildman–Crippen MR) is 81.9 cm³/mol. The summed E-state index contributed by atoms with van der Waals surface area (Å²) >= 11 is 0. The van der Waals surface area contributed by atoms with Crippen LogP contribution in [0.4, 0.5) is 0 Å². The average Bonchev–Trinajstić information content (AvgIpc) is 2.62. The molecule has 0 spiro atoms. The first-order valence-electron chi connectivity index (χ1n) is 6.85. The third kappa shape index (κ3) is 2.19. The molecule has 0 radical (unpaired) electrons. The summed E-state index contributed by atoms with van der Waals surface area (Å²) in [6, 6.07) is 3.91. The second kappa shape index (κ2) is 4.33. The van der Waals surface area contributed by atoms with Gasteiger partial charge >= 0.3 is 0 Å². The van der Waals surface area contributed by atoms with Crippen molar-refractivity contribution in [1.82, 2.24) is 9.55 Å². The van der Waals surface area contributed by atoms with Crippen molar-refractivity contribution in [2.24, 2.45) is 5.73 Å². The Labute approximate surface area is 120 Å². The maximum atomic E-state index is 12.1. The van der Waals surface area contributed by atoms with Crippen LogP contribution in [0.3, 0.4) is 0 Å². The molecular weight excluding hydrogens is 250 g/mol. The molecule has 2 rings (SSSR count). The highest BCUT2D eigenvalue weighted by molar-refractivity contribution is 6.01. The topological polar surface area (TPSA) is 60.9 Å². The molecule has 4 heteroatoms. The van der Waals surface area contributed by atoms with Crippen LogP contribution in [-0.2, 0) is 11.0 Å². The zero-order chi connectivity index (χ0) is 15.3. The molecule has 0 aromatic carbocycles. The lowest BCUT2D eigenvalue weighted by Gasteiger charge is -2.26. The van der Waals surface area contributed by atoms with E-state index < -0.39 is 5.91 Å². The van der Waals surface area contributed by atoms with Crippen molar-refractivity contribution >= 4 is 16.9 Å². The maximum Gasteiger partial charge on any atom is 0.265 e. The molecule has 20 heavy (non-hydrogen) atoms. The Bertz CT molecular complexity index is 618. The Kier molecular flexibility index (Phi) is 3.16. The Morgan fingerprint density at radius 3 is 2.25 bits per heavy atom. The summed E-state index contributed by atoms with van der Waals surface area (Å²) in [5.41, 5.74) is 7.60. The zero-order valence-electron chi connectivity index (χ0n) is 13.1. The van der Waals surface area contributed by atoms with Gasteiger partial charge in [0.25, 0.3) is 5.91 Å². The minimum absolute atomic E-state index is 0.178. The number of nitrogens with zero attached hydrogens (tertiary/aromatic N) is 2. The number of aromatic nitrogens is 2. The standard InChI is InChI=1S/C16H23N3O/c1-15(2,3)11-10-8-7-9-18-14(10)19(16(4,5)6)12(11)13(17)20/h7-9H,1-6H3,(H2,17,20). The lowest BCUT2D eigenvalue weighted by molar-refractivity contribution is 0.0984. The van der Waals surface area contributed by atoms with Crippen molar-refractivity contribution < 1.29 is 4.79 Å². The molecule has 0 unspecified atom stereocenters. The van der Waals surface area contributed by atoms with Gasteiger partial charge in [-0.2, -0.15) is 0 Å². The third-order valence-corrected chi connectivity index (χ3v) is 3.38. The van der Waals surface area contributed by atoms with Gasteiger partial charge in [-0.1, -0.05) is 20.8 Å². The van der Waals surface area contributed by atoms with Crippen LogP contribution in [0.1, 0.15) is 57.6 Å². The quantitative estimate of drug-likeness (QED) is 0.867. The van der Waals surface area contributed by atoms with Crippen LogP contribution in [0.25, 0.3) is 11.0 Å². The lowest BCUT2D eigenvalue weighted by atomic mass is 9.84. The number of nitrogens with two attached hydrogens (primary N) is 1. The van der Waals surface area contributed by atoms with E-state index in [-0.39, 0.29) is 11.0 Å². The van der Waals surface area contributed by atoms with Crippen molar-refractivity contribution in [3.63, 3.8) is 0 Å². The van der Waals surface area contributed by atoms with Gasteiger partial charge in [0, 0.05) is 17.1 Å². The Balaban J connectivity index is 3.06. The van der Waals surface area contributed by atoms with Crippen molar-refractivity contribution in [3.05, 3.63) is 29.6 Å². The molecule has 0 saturated heterocycles. The summed E-state index contributed by atoms with van der Waals surface area (Å²) in [4.78, 5) is 16.6. The number of amides is 1. The SMILES string of the molecule is CC(C)(C)c1c(C(N)=O)n(C(C)(C)C)c2ncccc12. The van der Waals surface area contributed by atoms with Crippen molar-refractivity contribution in [3.8, 4) is 0 Å². The molecule has 2 N–H and O–H groups in total. The van der Waals surface area contributed by atoms with Gasteiger partial charge < -0.3 is 10.3 Å². The minimum atomic E-state index is -0.400. The molecule has 0 fully saturated rings. The second-order valence-corrected chi connectivity index (χ2v) is 7.22. The maximum absolute atomic E-state index is 12.1. The van der Waals surface area contributed by atoms with Crippen LogP contribution in [0.5, 0.6) is 0 Å². The van der Waals surface area contributed by atoms with Crippen LogP contribution in [0.15, 0.2) is 18.3 Å². The van der Waals surface area contributed by atoms with E-state index in [1.165, 1.54) is 0 Å². The summed E-state index contributed by atoms with van der Waals surface area (Å²) in [6.07, 6.45) is 1.75. The normalized spacial score (nSPS) is 12.9. The van der Waals surface area contributed by atoms with Crippen LogP contribution in [0, 0.1) is 0 Å². The monoisotopic (exact) mass is 273 g/mol. The van der Waals surface area contributed by atoms with E-state index in [1.807, 2.05) is 16.7 Å². The molecule has 4 nitrogen and oxygen atoms in total. The van der Waals surface area contributed by atoms with Gasteiger partial charge in [-0.15, -0.1) is 0 Å². The molecule has 0 aliphatic rings. The molecule has 0 aliphatic carbocycles. The van der Waals surface area contributed by atoms with Crippen LogP contribution in [-0.4, -0.2) is 15.5 Å². The molecule has 0 aliphatic heterocycles. The number of hydrogen-bond acceptors (Lipinski definition) is 2. The van der Waals surface area contributed by atoms with Crippen LogP contribution in [0.2, 0.25) is 0 Å². The minimum Gasteiger partial charge on any atom is -0.364 e. The molecule has 2 heterocycles. The molecule has 1 amide bonds. The number of pyridine rings is 1. The Morgan fingerprint density at radius 1 is 1.20 bits per heavy atom. The molecular formula is C16H23N3O. The largest absolute Gasteiger partial charge is 0.364 e. The molecule has 2 aromatic rings. The Hall–Kier alpha value is -1.84. The number of hydrogen-bond donors (Lipinski definition) is 1. The highest BCUT2D eigenvalue weighted by Gasteiger charge is 2.33. The van der Waals surface area contributed by atoms with E-state index in [0.717, 1.165) is 16.6 Å². The van der Waals surface area contributed by atoms with Gasteiger partial charge in [-0.25, -0.2) is 4.98 Å². The summed E-state index contributed by atoms with van der Waals surface area (Å²) in [7, 11) is 0. The predicted octanol–water partition coefficient (Wildman–Crippen LogP) is 3.19. The zero-order valence-corrected chi connectivity index (χ0v) is 13.1. The van der Waals surface area contributed by atoms with E-state index in [0.29, 0.717) is 5.69 Å². The smallest absolute Gasteiger partial charge is 0.265 e. The van der Waals surface area contributed by atoms with Crippen molar-refractivity contribution in [2.75, 3.05) is 0 Å². The van der Waals surface area contributed by atoms with Gasteiger partial charge in [0.15, 0.2) is 0 Å². The highest BCUT2D eigenvalue weighted by atomic mass is 16.1. The van der Waals surface area contributed by atoms with Crippen LogP contribution >= 0.6 is 0 Å². The summed E-state index contributed by atoms with van der Waals surface area (Å²) in [5, 5.41) is 1.00. The molecule has 2 aromatic heterocycles. The first-order chi connectivity index (χ1) is 9.05. The van der Waals surface area contributed by atoms with Gasteiger partial charge in [-0.05, 0) is 43.9 Å². The molecule has 0 saturated carbocycles. The number of carbonyl (C=O) groups is 1. The van der Waals surface area contributed by atoms with Gasteiger partial charge in [-0.3, -0.25) is 4.79 Å². The van der Waals surface area contributed by atoms with Gasteiger partial charge in [0.2, 0.25) is 0 Å². The van der Waals surface area contributed by atoms with E-state index >= 15 is 0 Å². The first-order valence-corrected chi connectivity index (χ1v) is 6.85. The van der Waals surface area contributed by atoms with E-state index in [4.69, 9.17) is 5.73 Å². The highest BCUT2D eigenvalue weighted by Crippen LogP contribution is 2.37. The summed E-state index contributed by atoms with van der Waals surface area (Å²) in [5.74, 6) is -0.400. The van der Waals surface area contributed by atoms with Crippen LogP contribution < -0.4 is 5.73 Å². The van der Waals surface area contributed by atoms with E-state index in [2.05, 4.69) is 46.5 Å². The number of rotatable bonds is 1. The lowest BCUT2D eigenvalue weighted by Crippen LogP contribution is -2.30. The molecule has 108 valence electrons. The number of fused-ring (bicyclic) bond motifs is 1. The Morgan fingerprint density at radius 2 is 1.80 bits per heavy atom. The third-order valence-electron chi connectivity index (χ3n) is 3.38. The van der Waals surface area contributed by atoms with Crippen molar-refractivity contribution in [2.45, 2.75) is 52.5 Å². The van der Waals surface area contributed by atoms with Gasteiger partial charge in [0.05, 0.1) is 0 Å².